The number of ether oxygens (including phenoxy) is 3. The van der Waals surface area contributed by atoms with Gasteiger partial charge in [0.25, 0.3) is 0 Å². The van der Waals surface area contributed by atoms with Crippen LogP contribution in [0.4, 0.5) is 0 Å². The first-order chi connectivity index (χ1) is 14.7. The zero-order valence-electron chi connectivity index (χ0n) is 17.0. The van der Waals surface area contributed by atoms with Crippen LogP contribution in [0.5, 0.6) is 5.75 Å². The summed E-state index contributed by atoms with van der Waals surface area (Å²) >= 11 is 0. The fourth-order valence-electron chi connectivity index (χ4n) is 4.00. The Balaban J connectivity index is 1.41. The van der Waals surface area contributed by atoms with Crippen molar-refractivity contribution in [1.82, 2.24) is 10.2 Å². The van der Waals surface area contributed by atoms with E-state index in [9.17, 15) is 9.59 Å². The van der Waals surface area contributed by atoms with Crippen molar-refractivity contribution in [3.05, 3.63) is 65.2 Å². The Labute approximate surface area is 175 Å². The maximum atomic E-state index is 12.7. The summed E-state index contributed by atoms with van der Waals surface area (Å²) in [5, 5.41) is 3.04. The molecule has 0 radical (unpaired) electrons. The van der Waals surface area contributed by atoms with E-state index in [4.69, 9.17) is 14.2 Å². The smallest absolute Gasteiger partial charge is 0.339 e. The highest BCUT2D eigenvalue weighted by atomic mass is 16.5. The molecule has 30 heavy (non-hydrogen) atoms. The van der Waals surface area contributed by atoms with E-state index in [1.807, 2.05) is 36.4 Å². The predicted molar refractivity (Wildman–Crippen MR) is 110 cm³/mol. The Morgan fingerprint density at radius 2 is 1.90 bits per heavy atom. The minimum Gasteiger partial charge on any atom is -0.497 e. The number of amides is 1. The molecule has 2 heterocycles. The summed E-state index contributed by atoms with van der Waals surface area (Å²) < 4.78 is 16.1. The first kappa shape index (κ1) is 20.4. The zero-order valence-corrected chi connectivity index (χ0v) is 17.0. The van der Waals surface area contributed by atoms with Crippen LogP contribution in [0.3, 0.4) is 0 Å². The molecule has 1 N–H and O–H groups in total. The summed E-state index contributed by atoms with van der Waals surface area (Å²) in [7, 11) is 1.64. The van der Waals surface area contributed by atoms with Crippen LogP contribution in [0.25, 0.3) is 0 Å². The minimum atomic E-state index is -0.531. The van der Waals surface area contributed by atoms with Gasteiger partial charge in [-0.05, 0) is 23.8 Å². The number of nitrogens with one attached hydrogen (secondary N) is 1. The molecular weight excluding hydrogens is 384 g/mol. The minimum absolute atomic E-state index is 0.0298. The van der Waals surface area contributed by atoms with Gasteiger partial charge in [-0.2, -0.15) is 0 Å². The van der Waals surface area contributed by atoms with Crippen LogP contribution in [0.1, 0.15) is 40.1 Å². The van der Waals surface area contributed by atoms with Crippen molar-refractivity contribution in [3.63, 3.8) is 0 Å². The van der Waals surface area contributed by atoms with Crippen molar-refractivity contribution in [1.29, 1.82) is 0 Å². The van der Waals surface area contributed by atoms with E-state index in [1.54, 1.807) is 19.2 Å². The number of nitrogens with zero attached hydrogens (tertiary/aromatic N) is 1. The summed E-state index contributed by atoms with van der Waals surface area (Å²) in [5.41, 5.74) is 2.42. The topological polar surface area (TPSA) is 77.1 Å². The molecular formula is C23H26N2O5. The summed E-state index contributed by atoms with van der Waals surface area (Å²) in [4.78, 5) is 27.0. The third-order valence-corrected chi connectivity index (χ3v) is 5.63. The van der Waals surface area contributed by atoms with Gasteiger partial charge in [0.1, 0.15) is 11.9 Å². The van der Waals surface area contributed by atoms with Crippen molar-refractivity contribution in [2.75, 3.05) is 40.0 Å². The molecule has 2 aromatic rings. The summed E-state index contributed by atoms with van der Waals surface area (Å²) in [5.74, 6) is 0.286. The van der Waals surface area contributed by atoms with E-state index in [1.165, 1.54) is 0 Å². The number of hydrogen-bond acceptors (Lipinski definition) is 6. The molecule has 1 saturated heterocycles. The second kappa shape index (κ2) is 9.28. The number of esters is 1. The molecule has 4 rings (SSSR count). The van der Waals surface area contributed by atoms with Gasteiger partial charge in [-0.15, -0.1) is 0 Å². The summed E-state index contributed by atoms with van der Waals surface area (Å²) in [6, 6.07) is 15.2. The number of morpholine rings is 1. The van der Waals surface area contributed by atoms with E-state index >= 15 is 0 Å². The Bertz CT molecular complexity index is 893. The highest BCUT2D eigenvalue weighted by molar-refractivity contribution is 5.94. The van der Waals surface area contributed by atoms with Crippen LogP contribution in [-0.4, -0.2) is 56.7 Å². The number of methoxy groups -OCH3 is 1. The number of hydrogen-bond donors (Lipinski definition) is 1. The van der Waals surface area contributed by atoms with Gasteiger partial charge in [0.05, 0.1) is 38.3 Å². The molecule has 2 atom stereocenters. The summed E-state index contributed by atoms with van der Waals surface area (Å²) in [6.07, 6.45) is -0.419. The van der Waals surface area contributed by atoms with Crippen molar-refractivity contribution in [3.8, 4) is 5.75 Å². The number of cyclic esters (lactones) is 1. The van der Waals surface area contributed by atoms with Gasteiger partial charge in [0.2, 0.25) is 5.91 Å². The van der Waals surface area contributed by atoms with E-state index < -0.39 is 6.10 Å². The second-order valence-corrected chi connectivity index (χ2v) is 7.43. The molecule has 1 fully saturated rings. The molecule has 158 valence electrons. The lowest BCUT2D eigenvalue weighted by molar-refractivity contribution is -0.123. The van der Waals surface area contributed by atoms with E-state index in [0.717, 1.165) is 30.0 Å². The molecule has 7 heteroatoms. The zero-order chi connectivity index (χ0) is 20.9. The molecule has 1 amide bonds. The standard InChI is InChI=1S/C23H26N2O5/c1-28-17-8-6-16(7-9-17)20(25-10-12-29-13-11-25)15-24-22(26)14-21-18-4-2-3-5-19(18)23(27)30-21/h2-9,20-21H,10-15H2,1H3,(H,24,26)/t20-,21-/m1/s1. The number of fused-ring (bicyclic) bond motifs is 1. The number of benzene rings is 2. The van der Waals surface area contributed by atoms with Gasteiger partial charge in [-0.3, -0.25) is 9.69 Å². The maximum Gasteiger partial charge on any atom is 0.339 e. The lowest BCUT2D eigenvalue weighted by Crippen LogP contribution is -2.44. The lowest BCUT2D eigenvalue weighted by Gasteiger charge is -2.35. The van der Waals surface area contributed by atoms with Gasteiger partial charge in [-0.25, -0.2) is 4.79 Å². The molecule has 0 saturated carbocycles. The first-order valence-electron chi connectivity index (χ1n) is 10.2. The third kappa shape index (κ3) is 4.47. The van der Waals surface area contributed by atoms with Crippen LogP contribution in [0.2, 0.25) is 0 Å². The molecule has 0 bridgehead atoms. The maximum absolute atomic E-state index is 12.7. The SMILES string of the molecule is COc1ccc([C@@H](CNC(=O)C[C@H]2OC(=O)c3ccccc32)N2CCOCC2)cc1. The van der Waals surface area contributed by atoms with Crippen LogP contribution < -0.4 is 10.1 Å². The molecule has 0 unspecified atom stereocenters. The second-order valence-electron chi connectivity index (χ2n) is 7.43. The molecule has 2 aliphatic rings. The third-order valence-electron chi connectivity index (χ3n) is 5.63. The Morgan fingerprint density at radius 1 is 1.17 bits per heavy atom. The van der Waals surface area contributed by atoms with Crippen LogP contribution in [-0.2, 0) is 14.3 Å². The number of rotatable bonds is 7. The normalized spacial score (nSPS) is 19.6. The van der Waals surface area contributed by atoms with Gasteiger partial charge in [0, 0.05) is 25.2 Å². The average Bonchev–Trinajstić information content (AvgIpc) is 3.10. The van der Waals surface area contributed by atoms with Crippen LogP contribution in [0.15, 0.2) is 48.5 Å². The largest absolute Gasteiger partial charge is 0.497 e. The first-order valence-corrected chi connectivity index (χ1v) is 10.2. The molecule has 2 aliphatic heterocycles. The van der Waals surface area contributed by atoms with Crippen molar-refractivity contribution in [2.24, 2.45) is 0 Å². The molecule has 0 spiro atoms. The van der Waals surface area contributed by atoms with Crippen molar-refractivity contribution in [2.45, 2.75) is 18.6 Å². The summed E-state index contributed by atoms with van der Waals surface area (Å²) in [6.45, 7) is 3.43. The average molecular weight is 410 g/mol. The molecule has 7 nitrogen and oxygen atoms in total. The monoisotopic (exact) mass is 410 g/mol. The van der Waals surface area contributed by atoms with Crippen molar-refractivity contribution >= 4 is 11.9 Å². The Morgan fingerprint density at radius 3 is 2.63 bits per heavy atom. The highest BCUT2D eigenvalue weighted by Crippen LogP contribution is 2.32. The van der Waals surface area contributed by atoms with E-state index in [-0.39, 0.29) is 24.3 Å². The van der Waals surface area contributed by atoms with Crippen LogP contribution in [0, 0.1) is 0 Å². The number of carbonyl (C=O) groups is 2. The Hall–Kier alpha value is -2.90. The van der Waals surface area contributed by atoms with E-state index in [0.29, 0.717) is 25.3 Å². The molecule has 0 aliphatic carbocycles. The quantitative estimate of drug-likeness (QED) is 0.707. The molecule has 0 aromatic heterocycles. The predicted octanol–water partition coefficient (Wildman–Crippen LogP) is 2.49. The fraction of sp³-hybridized carbons (Fsp3) is 0.391. The van der Waals surface area contributed by atoms with Crippen LogP contribution >= 0.6 is 0 Å². The van der Waals surface area contributed by atoms with Gasteiger partial charge in [0.15, 0.2) is 0 Å². The van der Waals surface area contributed by atoms with Gasteiger partial charge < -0.3 is 19.5 Å². The highest BCUT2D eigenvalue weighted by Gasteiger charge is 2.32. The van der Waals surface area contributed by atoms with E-state index in [2.05, 4.69) is 10.2 Å². The lowest BCUT2D eigenvalue weighted by atomic mass is 10.0. The van der Waals surface area contributed by atoms with Gasteiger partial charge in [-0.1, -0.05) is 30.3 Å². The molecule has 2 aromatic carbocycles. The van der Waals surface area contributed by atoms with Crippen molar-refractivity contribution < 1.29 is 23.8 Å². The fourth-order valence-corrected chi connectivity index (χ4v) is 4.00. The Kier molecular flexibility index (Phi) is 6.30. The van der Waals surface area contributed by atoms with Gasteiger partial charge >= 0.3 is 5.97 Å². The number of carbonyl (C=O) groups excluding carboxylic acids is 2.